The van der Waals surface area contributed by atoms with Crippen LogP contribution in [0.1, 0.15) is 46.4 Å². The predicted octanol–water partition coefficient (Wildman–Crippen LogP) is 4.81. The second-order valence-electron chi connectivity index (χ2n) is 7.78. The van der Waals surface area contributed by atoms with Gasteiger partial charge >= 0.3 is 0 Å². The number of carbonyl (C=O) groups excluding carboxylic acids is 2. The lowest BCUT2D eigenvalue weighted by atomic mass is 9.93. The van der Waals surface area contributed by atoms with E-state index in [1.165, 1.54) is 42.6 Å². The average molecular weight is 465 g/mol. The number of amides is 2. The molecule has 2 aromatic carbocycles. The van der Waals surface area contributed by atoms with Crippen LogP contribution in [0.2, 0.25) is 0 Å². The van der Waals surface area contributed by atoms with Gasteiger partial charge in [-0.3, -0.25) is 9.59 Å². The molecule has 1 fully saturated rings. The SMILES string of the molecule is O=C(N=C1CCC(NC(=O)c2c(O)cccc2F)CC1)c1cccnc1Oc1ccc(F)cc1. The molecular weight excluding hydrogens is 444 g/mol. The third-order valence-corrected chi connectivity index (χ3v) is 5.41. The van der Waals surface area contributed by atoms with Gasteiger partial charge in [0.25, 0.3) is 11.8 Å². The Bertz CT molecular complexity index is 1210. The van der Waals surface area contributed by atoms with Crippen LogP contribution in [0.15, 0.2) is 65.8 Å². The van der Waals surface area contributed by atoms with Crippen molar-refractivity contribution in [3.05, 3.63) is 83.6 Å². The Morgan fingerprint density at radius 3 is 2.47 bits per heavy atom. The smallest absolute Gasteiger partial charge is 0.282 e. The Morgan fingerprint density at radius 2 is 1.76 bits per heavy atom. The molecule has 2 amide bonds. The summed E-state index contributed by atoms with van der Waals surface area (Å²) in [6.07, 6.45) is 3.44. The second kappa shape index (κ2) is 10.2. The van der Waals surface area contributed by atoms with Crippen LogP contribution in [0.25, 0.3) is 0 Å². The minimum atomic E-state index is -0.795. The van der Waals surface area contributed by atoms with Crippen LogP contribution >= 0.6 is 0 Å². The second-order valence-corrected chi connectivity index (χ2v) is 7.78. The first-order valence-electron chi connectivity index (χ1n) is 10.7. The zero-order valence-electron chi connectivity index (χ0n) is 18.0. The molecule has 0 spiro atoms. The van der Waals surface area contributed by atoms with Crippen LogP contribution in [0.4, 0.5) is 8.78 Å². The molecule has 0 bridgehead atoms. The molecular formula is C25H21F2N3O4. The Hall–Kier alpha value is -4.14. The van der Waals surface area contributed by atoms with Crippen LogP contribution in [0, 0.1) is 11.6 Å². The van der Waals surface area contributed by atoms with Crippen LogP contribution in [-0.4, -0.2) is 33.7 Å². The van der Waals surface area contributed by atoms with Gasteiger partial charge < -0.3 is 15.2 Å². The van der Waals surface area contributed by atoms with Gasteiger partial charge in [-0.25, -0.2) is 18.8 Å². The number of pyridine rings is 1. The lowest BCUT2D eigenvalue weighted by Crippen LogP contribution is -2.38. The number of nitrogens with one attached hydrogen (secondary N) is 1. The number of benzene rings is 2. The van der Waals surface area contributed by atoms with Crippen LogP contribution in [0.3, 0.4) is 0 Å². The largest absolute Gasteiger partial charge is 0.507 e. The molecule has 9 heteroatoms. The Kier molecular flexibility index (Phi) is 6.91. The summed E-state index contributed by atoms with van der Waals surface area (Å²) in [4.78, 5) is 33.5. The number of rotatable bonds is 5. The Labute approximate surface area is 194 Å². The maximum absolute atomic E-state index is 13.9. The van der Waals surface area contributed by atoms with Gasteiger partial charge in [0.05, 0.1) is 0 Å². The summed E-state index contributed by atoms with van der Waals surface area (Å²) >= 11 is 0. The highest BCUT2D eigenvalue weighted by molar-refractivity contribution is 6.05. The maximum atomic E-state index is 13.9. The van der Waals surface area contributed by atoms with Crippen molar-refractivity contribution in [3.8, 4) is 17.4 Å². The van der Waals surface area contributed by atoms with E-state index in [1.807, 2.05) is 0 Å². The van der Waals surface area contributed by atoms with Gasteiger partial charge in [-0.1, -0.05) is 6.07 Å². The third-order valence-electron chi connectivity index (χ3n) is 5.41. The normalized spacial score (nSPS) is 15.5. The molecule has 3 aromatic rings. The van der Waals surface area contributed by atoms with E-state index < -0.39 is 29.2 Å². The predicted molar refractivity (Wildman–Crippen MR) is 120 cm³/mol. The number of phenolic OH excluding ortho intramolecular Hbond substituents is 1. The van der Waals surface area contributed by atoms with Crippen molar-refractivity contribution in [1.29, 1.82) is 0 Å². The highest BCUT2D eigenvalue weighted by Crippen LogP contribution is 2.25. The molecule has 1 saturated carbocycles. The zero-order chi connectivity index (χ0) is 24.1. The number of ether oxygens (including phenoxy) is 1. The van der Waals surface area contributed by atoms with Crippen molar-refractivity contribution in [3.63, 3.8) is 0 Å². The van der Waals surface area contributed by atoms with Crippen molar-refractivity contribution in [2.75, 3.05) is 0 Å². The van der Waals surface area contributed by atoms with Gasteiger partial charge in [0, 0.05) is 18.0 Å². The van der Waals surface area contributed by atoms with Crippen molar-refractivity contribution in [1.82, 2.24) is 10.3 Å². The number of phenols is 1. The highest BCUT2D eigenvalue weighted by atomic mass is 19.1. The standard InChI is InChI=1S/C25H21F2N3O4/c26-15-6-12-18(13-7-15)34-25-19(3-2-14-28-25)23(32)29-16-8-10-17(11-9-16)30-24(33)22-20(27)4-1-5-21(22)31/h1-7,12-14,17,31H,8-11H2,(H,30,33). The zero-order valence-corrected chi connectivity index (χ0v) is 18.0. The fourth-order valence-electron chi connectivity index (χ4n) is 3.66. The summed E-state index contributed by atoms with van der Waals surface area (Å²) in [7, 11) is 0. The fraction of sp³-hybridized carbons (Fsp3) is 0.200. The summed E-state index contributed by atoms with van der Waals surface area (Å²) in [6.45, 7) is 0. The van der Waals surface area contributed by atoms with Gasteiger partial charge in [0.1, 0.15) is 34.3 Å². The number of hydrogen-bond acceptors (Lipinski definition) is 5. The molecule has 1 aromatic heterocycles. The highest BCUT2D eigenvalue weighted by Gasteiger charge is 2.24. The molecule has 0 radical (unpaired) electrons. The lowest BCUT2D eigenvalue weighted by Gasteiger charge is -2.24. The Morgan fingerprint density at radius 1 is 1.03 bits per heavy atom. The van der Waals surface area contributed by atoms with E-state index in [9.17, 15) is 23.5 Å². The third kappa shape index (κ3) is 5.43. The number of carbonyl (C=O) groups is 2. The van der Waals surface area contributed by atoms with E-state index in [0.29, 0.717) is 37.1 Å². The molecule has 174 valence electrons. The summed E-state index contributed by atoms with van der Waals surface area (Å²) in [6, 6.07) is 11.9. The van der Waals surface area contributed by atoms with Crippen molar-refractivity contribution in [2.24, 2.45) is 4.99 Å². The maximum Gasteiger partial charge on any atom is 0.282 e. The molecule has 0 unspecified atom stereocenters. The molecule has 0 aliphatic heterocycles. The van der Waals surface area contributed by atoms with E-state index >= 15 is 0 Å². The van der Waals surface area contributed by atoms with Crippen LogP contribution in [0.5, 0.6) is 17.4 Å². The first-order chi connectivity index (χ1) is 16.4. The number of nitrogens with zero attached hydrogens (tertiary/aromatic N) is 2. The monoisotopic (exact) mass is 465 g/mol. The fourth-order valence-corrected chi connectivity index (χ4v) is 3.66. The molecule has 0 saturated heterocycles. The summed E-state index contributed by atoms with van der Waals surface area (Å²) in [5, 5.41) is 12.5. The van der Waals surface area contributed by atoms with E-state index in [4.69, 9.17) is 4.74 Å². The van der Waals surface area contributed by atoms with Gasteiger partial charge in [-0.2, -0.15) is 0 Å². The number of aromatic hydroxyl groups is 1. The molecule has 1 aliphatic rings. The van der Waals surface area contributed by atoms with Crippen molar-refractivity contribution in [2.45, 2.75) is 31.7 Å². The first-order valence-corrected chi connectivity index (χ1v) is 10.7. The van der Waals surface area contributed by atoms with Crippen LogP contribution in [-0.2, 0) is 0 Å². The number of aliphatic imine (C=N–C) groups is 1. The molecule has 1 aliphatic carbocycles. The molecule has 7 nitrogen and oxygen atoms in total. The molecule has 4 rings (SSSR count). The minimum absolute atomic E-state index is 0.0640. The summed E-state index contributed by atoms with van der Waals surface area (Å²) in [5.74, 6) is -2.43. The Balaban J connectivity index is 1.39. The van der Waals surface area contributed by atoms with Gasteiger partial charge in [0.2, 0.25) is 5.88 Å². The van der Waals surface area contributed by atoms with E-state index in [2.05, 4.69) is 15.3 Å². The van der Waals surface area contributed by atoms with E-state index in [1.54, 1.807) is 12.1 Å². The topological polar surface area (TPSA) is 101 Å². The molecule has 1 heterocycles. The van der Waals surface area contributed by atoms with Crippen LogP contribution < -0.4 is 10.1 Å². The number of halogens is 2. The first kappa shape index (κ1) is 23.0. The average Bonchev–Trinajstić information content (AvgIpc) is 2.82. The van der Waals surface area contributed by atoms with E-state index in [-0.39, 0.29) is 23.0 Å². The quantitative estimate of drug-likeness (QED) is 0.563. The molecule has 0 atom stereocenters. The minimum Gasteiger partial charge on any atom is -0.507 e. The van der Waals surface area contributed by atoms with Gasteiger partial charge in [-0.05, 0) is 74.2 Å². The molecule has 2 N–H and O–H groups in total. The summed E-state index contributed by atoms with van der Waals surface area (Å²) in [5.41, 5.74) is 0.452. The summed E-state index contributed by atoms with van der Waals surface area (Å²) < 4.78 is 32.6. The lowest BCUT2D eigenvalue weighted by molar-refractivity contribution is 0.0923. The van der Waals surface area contributed by atoms with Crippen molar-refractivity contribution >= 4 is 17.5 Å². The number of aromatic nitrogens is 1. The molecule has 34 heavy (non-hydrogen) atoms. The van der Waals surface area contributed by atoms with Gasteiger partial charge in [0.15, 0.2) is 0 Å². The van der Waals surface area contributed by atoms with Gasteiger partial charge in [-0.15, -0.1) is 0 Å². The van der Waals surface area contributed by atoms with Crippen molar-refractivity contribution < 1.29 is 28.2 Å². The number of hydrogen-bond donors (Lipinski definition) is 2. The van der Waals surface area contributed by atoms with E-state index in [0.717, 1.165) is 6.07 Å².